The van der Waals surface area contributed by atoms with Gasteiger partial charge in [0.1, 0.15) is 17.4 Å². The van der Waals surface area contributed by atoms with E-state index in [2.05, 4.69) is 15.6 Å². The van der Waals surface area contributed by atoms with Crippen LogP contribution in [0.2, 0.25) is 0 Å². The van der Waals surface area contributed by atoms with E-state index in [9.17, 15) is 9.18 Å². The van der Waals surface area contributed by atoms with Crippen LogP contribution in [-0.2, 0) is 6.42 Å². The molecule has 1 aromatic heterocycles. The molecule has 0 saturated heterocycles. The van der Waals surface area contributed by atoms with Gasteiger partial charge < -0.3 is 15.4 Å². The zero-order valence-corrected chi connectivity index (χ0v) is 16.5. The quantitative estimate of drug-likeness (QED) is 0.570. The van der Waals surface area contributed by atoms with Crippen LogP contribution in [0.4, 0.5) is 15.9 Å². The van der Waals surface area contributed by atoms with E-state index in [-0.39, 0.29) is 17.8 Å². The van der Waals surface area contributed by atoms with E-state index in [4.69, 9.17) is 4.74 Å². The molecule has 0 radical (unpaired) electrons. The van der Waals surface area contributed by atoms with Gasteiger partial charge in [0.05, 0.1) is 6.10 Å². The minimum absolute atomic E-state index is 0.0984. The first-order valence-corrected chi connectivity index (χ1v) is 9.52. The Morgan fingerprint density at radius 1 is 1.07 bits per heavy atom. The molecule has 150 valence electrons. The van der Waals surface area contributed by atoms with Crippen molar-refractivity contribution in [3.05, 3.63) is 83.8 Å². The van der Waals surface area contributed by atoms with Gasteiger partial charge in [-0.15, -0.1) is 0 Å². The number of amides is 1. The van der Waals surface area contributed by atoms with Gasteiger partial charge in [-0.2, -0.15) is 0 Å². The number of ether oxygens (including phenoxy) is 1. The topological polar surface area (TPSA) is 63.2 Å². The number of hydrogen-bond donors (Lipinski definition) is 2. The molecule has 0 atom stereocenters. The summed E-state index contributed by atoms with van der Waals surface area (Å²) in [6.45, 7) is 4.55. The van der Waals surface area contributed by atoms with Crippen LogP contribution in [0.15, 0.2) is 66.9 Å². The van der Waals surface area contributed by atoms with Gasteiger partial charge in [-0.3, -0.25) is 4.79 Å². The van der Waals surface area contributed by atoms with Crippen molar-refractivity contribution in [2.45, 2.75) is 26.4 Å². The lowest BCUT2D eigenvalue weighted by Gasteiger charge is -2.11. The van der Waals surface area contributed by atoms with Gasteiger partial charge >= 0.3 is 0 Å². The molecule has 0 aliphatic rings. The number of rotatable bonds is 8. The molecular formula is C23H24FN3O2. The second-order valence-electron chi connectivity index (χ2n) is 6.88. The summed E-state index contributed by atoms with van der Waals surface area (Å²) in [5.41, 5.74) is 2.22. The first kappa shape index (κ1) is 20.3. The Kier molecular flexibility index (Phi) is 6.79. The van der Waals surface area contributed by atoms with E-state index >= 15 is 0 Å². The molecule has 2 aromatic carbocycles. The van der Waals surface area contributed by atoms with Gasteiger partial charge in [-0.1, -0.05) is 12.1 Å². The van der Waals surface area contributed by atoms with E-state index in [0.29, 0.717) is 23.6 Å². The summed E-state index contributed by atoms with van der Waals surface area (Å²) < 4.78 is 18.6. The molecule has 1 heterocycles. The van der Waals surface area contributed by atoms with Gasteiger partial charge in [-0.25, -0.2) is 9.37 Å². The summed E-state index contributed by atoms with van der Waals surface area (Å²) in [5.74, 6) is 0.908. The van der Waals surface area contributed by atoms with Gasteiger partial charge in [-0.05, 0) is 74.4 Å². The third-order valence-electron chi connectivity index (χ3n) is 4.14. The molecule has 0 aliphatic carbocycles. The molecule has 2 N–H and O–H groups in total. The van der Waals surface area contributed by atoms with E-state index < -0.39 is 0 Å². The molecule has 6 heteroatoms. The van der Waals surface area contributed by atoms with Crippen LogP contribution in [0.1, 0.15) is 29.8 Å². The highest BCUT2D eigenvalue weighted by molar-refractivity contribution is 6.04. The molecule has 3 aromatic rings. The van der Waals surface area contributed by atoms with Crippen molar-refractivity contribution in [3.8, 4) is 5.75 Å². The van der Waals surface area contributed by atoms with Crippen LogP contribution in [0.25, 0.3) is 0 Å². The molecule has 0 spiro atoms. The zero-order valence-electron chi connectivity index (χ0n) is 16.5. The van der Waals surface area contributed by atoms with Gasteiger partial charge in [0.25, 0.3) is 5.91 Å². The van der Waals surface area contributed by atoms with Crippen molar-refractivity contribution in [3.63, 3.8) is 0 Å². The molecule has 0 unspecified atom stereocenters. The maximum atomic E-state index is 13.0. The third kappa shape index (κ3) is 6.31. The number of aromatic nitrogens is 1. The highest BCUT2D eigenvalue weighted by atomic mass is 19.1. The van der Waals surface area contributed by atoms with Crippen molar-refractivity contribution in [2.24, 2.45) is 0 Å². The second-order valence-corrected chi connectivity index (χ2v) is 6.88. The van der Waals surface area contributed by atoms with E-state index in [1.807, 2.05) is 26.0 Å². The van der Waals surface area contributed by atoms with Crippen LogP contribution >= 0.6 is 0 Å². The van der Waals surface area contributed by atoms with Gasteiger partial charge in [0.2, 0.25) is 0 Å². The van der Waals surface area contributed by atoms with Crippen molar-refractivity contribution in [1.29, 1.82) is 0 Å². The summed E-state index contributed by atoms with van der Waals surface area (Å²) in [6, 6.07) is 17.0. The average molecular weight is 393 g/mol. The van der Waals surface area contributed by atoms with E-state index in [0.717, 1.165) is 17.7 Å². The molecule has 3 rings (SSSR count). The van der Waals surface area contributed by atoms with Crippen LogP contribution in [0, 0.1) is 5.82 Å². The van der Waals surface area contributed by atoms with Crippen molar-refractivity contribution in [2.75, 3.05) is 17.2 Å². The number of nitrogens with one attached hydrogen (secondary N) is 2. The Morgan fingerprint density at radius 3 is 2.48 bits per heavy atom. The Morgan fingerprint density at radius 2 is 1.79 bits per heavy atom. The number of nitrogens with zero attached hydrogens (tertiary/aromatic N) is 1. The highest BCUT2D eigenvalue weighted by Crippen LogP contribution is 2.18. The number of benzene rings is 2. The summed E-state index contributed by atoms with van der Waals surface area (Å²) in [6.07, 6.45) is 2.42. The second kappa shape index (κ2) is 9.68. The minimum atomic E-state index is -0.246. The fourth-order valence-corrected chi connectivity index (χ4v) is 2.75. The number of pyridine rings is 1. The lowest BCUT2D eigenvalue weighted by Crippen LogP contribution is -2.13. The maximum Gasteiger partial charge on any atom is 0.255 e. The molecule has 0 aliphatic heterocycles. The van der Waals surface area contributed by atoms with Crippen molar-refractivity contribution < 1.29 is 13.9 Å². The standard InChI is InChI=1S/C23H24FN3O2/c1-16(2)29-21-9-7-20(8-10-21)27-23(28)18-12-14-26-22(15-18)25-13-11-17-3-5-19(24)6-4-17/h3-10,12,14-16H,11,13H2,1-2H3,(H,25,26)(H,27,28). The number of anilines is 2. The van der Waals surface area contributed by atoms with Crippen molar-refractivity contribution >= 4 is 17.4 Å². The molecular weight excluding hydrogens is 369 g/mol. The maximum absolute atomic E-state index is 13.0. The summed E-state index contributed by atoms with van der Waals surface area (Å²) in [7, 11) is 0. The van der Waals surface area contributed by atoms with Crippen LogP contribution in [0.3, 0.4) is 0 Å². The molecule has 0 saturated carbocycles. The van der Waals surface area contributed by atoms with Crippen LogP contribution in [0.5, 0.6) is 5.75 Å². The Balaban J connectivity index is 1.55. The number of hydrogen-bond acceptors (Lipinski definition) is 4. The molecule has 0 fully saturated rings. The highest BCUT2D eigenvalue weighted by Gasteiger charge is 2.08. The molecule has 5 nitrogen and oxygen atoms in total. The van der Waals surface area contributed by atoms with Gasteiger partial charge in [0.15, 0.2) is 0 Å². The Bertz CT molecular complexity index is 941. The van der Waals surface area contributed by atoms with E-state index in [1.54, 1.807) is 42.6 Å². The van der Waals surface area contributed by atoms with Crippen molar-refractivity contribution in [1.82, 2.24) is 4.98 Å². The summed E-state index contributed by atoms with van der Waals surface area (Å²) >= 11 is 0. The SMILES string of the molecule is CC(C)Oc1ccc(NC(=O)c2ccnc(NCCc3ccc(F)cc3)c2)cc1. The molecule has 0 bridgehead atoms. The predicted molar refractivity (Wildman–Crippen MR) is 113 cm³/mol. The number of halogens is 1. The third-order valence-corrected chi connectivity index (χ3v) is 4.14. The lowest BCUT2D eigenvalue weighted by molar-refractivity contribution is 0.102. The zero-order chi connectivity index (χ0) is 20.6. The first-order valence-electron chi connectivity index (χ1n) is 9.52. The predicted octanol–water partition coefficient (Wildman–Crippen LogP) is 4.91. The largest absolute Gasteiger partial charge is 0.491 e. The Labute approximate surface area is 169 Å². The lowest BCUT2D eigenvalue weighted by atomic mass is 10.1. The Hall–Kier alpha value is -3.41. The first-order chi connectivity index (χ1) is 14.0. The number of carbonyl (C=O) groups excluding carboxylic acids is 1. The summed E-state index contributed by atoms with van der Waals surface area (Å²) in [5, 5.41) is 6.06. The normalized spacial score (nSPS) is 10.6. The summed E-state index contributed by atoms with van der Waals surface area (Å²) in [4.78, 5) is 16.8. The molecule has 1 amide bonds. The van der Waals surface area contributed by atoms with E-state index in [1.165, 1.54) is 12.1 Å². The monoisotopic (exact) mass is 393 g/mol. The molecule has 29 heavy (non-hydrogen) atoms. The van der Waals surface area contributed by atoms with Gasteiger partial charge in [0, 0.05) is 24.0 Å². The fourth-order valence-electron chi connectivity index (χ4n) is 2.75. The number of carbonyl (C=O) groups is 1. The van der Waals surface area contributed by atoms with Crippen LogP contribution < -0.4 is 15.4 Å². The smallest absolute Gasteiger partial charge is 0.255 e. The van der Waals surface area contributed by atoms with Crippen LogP contribution in [-0.4, -0.2) is 23.5 Å². The minimum Gasteiger partial charge on any atom is -0.491 e. The fraction of sp³-hybridized carbons (Fsp3) is 0.217. The average Bonchev–Trinajstić information content (AvgIpc) is 2.71.